The zero-order valence-corrected chi connectivity index (χ0v) is 21.5. The molecule has 6 heteroatoms. The lowest BCUT2D eigenvalue weighted by Crippen LogP contribution is -2.15. The Bertz CT molecular complexity index is 1530. The molecule has 1 heterocycles. The number of benzene rings is 3. The fourth-order valence-electron chi connectivity index (χ4n) is 4.62. The number of thiazole rings is 1. The van der Waals surface area contributed by atoms with Crippen molar-refractivity contribution < 1.29 is 9.90 Å². The first-order valence-corrected chi connectivity index (χ1v) is 13.2. The SMILES string of the molecule is N#Cc1ccc(C(=C(c2ccc(C=CC(=O)O)cc2)c2ccc(-c3cncs3)cc2)C2CCC2)c(Cl)c1. The van der Waals surface area contributed by atoms with Crippen LogP contribution in [0.3, 0.4) is 0 Å². The van der Waals surface area contributed by atoms with Gasteiger partial charge >= 0.3 is 5.97 Å². The van der Waals surface area contributed by atoms with Crippen LogP contribution in [-0.4, -0.2) is 16.1 Å². The van der Waals surface area contributed by atoms with Crippen molar-refractivity contribution >= 4 is 46.1 Å². The minimum Gasteiger partial charge on any atom is -0.478 e. The van der Waals surface area contributed by atoms with Crippen LogP contribution in [0.2, 0.25) is 5.02 Å². The molecule has 5 rings (SSSR count). The third-order valence-electron chi connectivity index (χ3n) is 6.68. The molecule has 1 fully saturated rings. The standard InChI is InChI=1S/C31H23ClN2O2S/c32-27-16-21(17-33)6-14-26(27)31(23-2-1-3-23)30(24-8-4-20(5-9-24)7-15-29(35)36)25-12-10-22(11-13-25)28-18-34-19-37-28/h4-16,18-19,23H,1-3H2,(H,35,36). The van der Waals surface area contributed by atoms with E-state index < -0.39 is 5.97 Å². The lowest BCUT2D eigenvalue weighted by Gasteiger charge is -2.32. The molecule has 0 spiro atoms. The molecule has 1 aliphatic rings. The number of hydrogen-bond donors (Lipinski definition) is 1. The van der Waals surface area contributed by atoms with Crippen LogP contribution in [0.4, 0.5) is 0 Å². The van der Waals surface area contributed by atoms with Crippen molar-refractivity contribution in [3.05, 3.63) is 117 Å². The van der Waals surface area contributed by atoms with Gasteiger partial charge in [-0.3, -0.25) is 4.98 Å². The predicted octanol–water partition coefficient (Wildman–Crippen LogP) is 8.19. The number of nitriles is 1. The van der Waals surface area contributed by atoms with E-state index in [0.29, 0.717) is 16.5 Å². The summed E-state index contributed by atoms with van der Waals surface area (Å²) in [6.07, 6.45) is 7.92. The van der Waals surface area contributed by atoms with Crippen molar-refractivity contribution in [3.8, 4) is 16.5 Å². The number of nitrogens with zero attached hydrogens (tertiary/aromatic N) is 2. The highest BCUT2D eigenvalue weighted by Gasteiger charge is 2.28. The summed E-state index contributed by atoms with van der Waals surface area (Å²) in [5, 5.41) is 18.9. The molecular weight excluding hydrogens is 500 g/mol. The summed E-state index contributed by atoms with van der Waals surface area (Å²) < 4.78 is 0. The average molecular weight is 523 g/mol. The van der Waals surface area contributed by atoms with Crippen molar-refractivity contribution in [2.24, 2.45) is 5.92 Å². The Hall–Kier alpha value is -3.98. The monoisotopic (exact) mass is 522 g/mol. The van der Waals surface area contributed by atoms with E-state index in [2.05, 4.69) is 35.3 Å². The van der Waals surface area contributed by atoms with Crippen LogP contribution < -0.4 is 0 Å². The number of aromatic nitrogens is 1. The molecule has 182 valence electrons. The zero-order valence-electron chi connectivity index (χ0n) is 19.9. The summed E-state index contributed by atoms with van der Waals surface area (Å²) in [6.45, 7) is 0. The van der Waals surface area contributed by atoms with Crippen LogP contribution in [0.25, 0.3) is 27.7 Å². The smallest absolute Gasteiger partial charge is 0.328 e. The lowest BCUT2D eigenvalue weighted by molar-refractivity contribution is -0.131. The maximum atomic E-state index is 11.0. The molecule has 3 aromatic carbocycles. The van der Waals surface area contributed by atoms with E-state index in [9.17, 15) is 10.1 Å². The summed E-state index contributed by atoms with van der Waals surface area (Å²) >= 11 is 8.39. The number of aliphatic carboxylic acids is 1. The van der Waals surface area contributed by atoms with Gasteiger partial charge in [0.2, 0.25) is 0 Å². The number of carbonyl (C=O) groups is 1. The van der Waals surface area contributed by atoms with E-state index in [0.717, 1.165) is 57.2 Å². The maximum Gasteiger partial charge on any atom is 0.328 e. The molecule has 0 aliphatic heterocycles. The van der Waals surface area contributed by atoms with E-state index in [4.69, 9.17) is 16.7 Å². The van der Waals surface area contributed by atoms with Crippen molar-refractivity contribution in [2.75, 3.05) is 0 Å². The molecule has 1 N–H and O–H groups in total. The second-order valence-electron chi connectivity index (χ2n) is 8.96. The fourth-order valence-corrected chi connectivity index (χ4v) is 5.54. The van der Waals surface area contributed by atoms with Gasteiger partial charge in [0.1, 0.15) is 0 Å². The molecule has 0 amide bonds. The minimum absolute atomic E-state index is 0.355. The summed E-state index contributed by atoms with van der Waals surface area (Å²) in [5.41, 5.74) is 9.62. The summed E-state index contributed by atoms with van der Waals surface area (Å²) in [6, 6.07) is 24.1. The number of halogens is 1. The summed E-state index contributed by atoms with van der Waals surface area (Å²) in [7, 11) is 0. The van der Waals surface area contributed by atoms with Crippen LogP contribution in [0.15, 0.2) is 84.5 Å². The van der Waals surface area contributed by atoms with Gasteiger partial charge in [-0.25, -0.2) is 4.79 Å². The van der Waals surface area contributed by atoms with Gasteiger partial charge in [-0.15, -0.1) is 11.3 Å². The van der Waals surface area contributed by atoms with Crippen LogP contribution in [0.1, 0.15) is 47.1 Å². The molecule has 0 saturated heterocycles. The van der Waals surface area contributed by atoms with E-state index in [1.807, 2.05) is 48.1 Å². The fraction of sp³-hybridized carbons (Fsp3) is 0.129. The molecular formula is C31H23ClN2O2S. The number of allylic oxidation sites excluding steroid dienone is 1. The minimum atomic E-state index is -0.978. The second kappa shape index (κ2) is 11.0. The Morgan fingerprint density at radius 3 is 2.30 bits per heavy atom. The van der Waals surface area contributed by atoms with E-state index in [1.54, 1.807) is 23.5 Å². The van der Waals surface area contributed by atoms with Gasteiger partial charge in [0.05, 0.1) is 22.0 Å². The van der Waals surface area contributed by atoms with Gasteiger partial charge in [-0.1, -0.05) is 72.6 Å². The highest BCUT2D eigenvalue weighted by atomic mass is 35.5. The van der Waals surface area contributed by atoms with E-state index >= 15 is 0 Å². The number of carboxylic acids is 1. The first-order chi connectivity index (χ1) is 18.0. The van der Waals surface area contributed by atoms with Crippen molar-refractivity contribution in [1.82, 2.24) is 4.98 Å². The summed E-state index contributed by atoms with van der Waals surface area (Å²) in [5.74, 6) is -0.624. The molecule has 0 atom stereocenters. The Kier molecular flexibility index (Phi) is 7.32. The number of carboxylic acid groups (broad SMARTS) is 1. The molecule has 1 saturated carbocycles. The Balaban J connectivity index is 1.70. The van der Waals surface area contributed by atoms with Crippen LogP contribution >= 0.6 is 22.9 Å². The maximum absolute atomic E-state index is 11.0. The molecule has 0 unspecified atom stereocenters. The molecule has 0 radical (unpaired) electrons. The lowest BCUT2D eigenvalue weighted by atomic mass is 9.73. The van der Waals surface area contributed by atoms with Crippen LogP contribution in [-0.2, 0) is 4.79 Å². The Morgan fingerprint density at radius 1 is 1.05 bits per heavy atom. The van der Waals surface area contributed by atoms with Crippen molar-refractivity contribution in [3.63, 3.8) is 0 Å². The third-order valence-corrected chi connectivity index (χ3v) is 7.81. The van der Waals surface area contributed by atoms with Gasteiger partial charge in [-0.05, 0) is 75.9 Å². The zero-order chi connectivity index (χ0) is 25.8. The summed E-state index contributed by atoms with van der Waals surface area (Å²) in [4.78, 5) is 16.3. The van der Waals surface area contributed by atoms with Crippen molar-refractivity contribution in [2.45, 2.75) is 19.3 Å². The highest BCUT2D eigenvalue weighted by molar-refractivity contribution is 7.13. The Labute approximate surface area is 224 Å². The third kappa shape index (κ3) is 5.41. The topological polar surface area (TPSA) is 74.0 Å². The molecule has 4 aromatic rings. The number of hydrogen-bond acceptors (Lipinski definition) is 4. The molecule has 4 nitrogen and oxygen atoms in total. The second-order valence-corrected chi connectivity index (χ2v) is 10.3. The van der Waals surface area contributed by atoms with Gasteiger partial charge in [-0.2, -0.15) is 5.26 Å². The largest absolute Gasteiger partial charge is 0.478 e. The molecule has 1 aromatic heterocycles. The molecule has 37 heavy (non-hydrogen) atoms. The first-order valence-electron chi connectivity index (χ1n) is 12.0. The van der Waals surface area contributed by atoms with Gasteiger partial charge in [0.15, 0.2) is 0 Å². The van der Waals surface area contributed by atoms with Crippen LogP contribution in [0.5, 0.6) is 0 Å². The first kappa shape index (κ1) is 24.7. The highest BCUT2D eigenvalue weighted by Crippen LogP contribution is 2.47. The van der Waals surface area contributed by atoms with E-state index in [1.165, 1.54) is 12.0 Å². The van der Waals surface area contributed by atoms with Gasteiger partial charge in [0, 0.05) is 17.3 Å². The normalized spacial score (nSPS) is 14.2. The van der Waals surface area contributed by atoms with Gasteiger partial charge in [0.25, 0.3) is 0 Å². The van der Waals surface area contributed by atoms with Crippen LogP contribution in [0, 0.1) is 17.2 Å². The predicted molar refractivity (Wildman–Crippen MR) is 150 cm³/mol. The Morgan fingerprint density at radius 2 is 1.76 bits per heavy atom. The van der Waals surface area contributed by atoms with Gasteiger partial charge < -0.3 is 5.11 Å². The molecule has 0 bridgehead atoms. The molecule has 1 aliphatic carbocycles. The quantitative estimate of drug-likeness (QED) is 0.196. The number of rotatable bonds is 7. The van der Waals surface area contributed by atoms with Crippen molar-refractivity contribution in [1.29, 1.82) is 5.26 Å². The van der Waals surface area contributed by atoms with E-state index in [-0.39, 0.29) is 0 Å². The average Bonchev–Trinajstić information content (AvgIpc) is 3.42.